The highest BCUT2D eigenvalue weighted by atomic mass is 19.4. The molecule has 0 aliphatic heterocycles. The molecule has 0 atom stereocenters. The maximum atomic E-state index is 12.1. The van der Waals surface area contributed by atoms with Crippen LogP contribution in [0.15, 0.2) is 30.9 Å². The third-order valence-corrected chi connectivity index (χ3v) is 3.03. The normalized spacial score (nSPS) is 11.0. The highest BCUT2D eigenvalue weighted by Gasteiger charge is 2.27. The van der Waals surface area contributed by atoms with E-state index in [1.807, 2.05) is 0 Å². The summed E-state index contributed by atoms with van der Waals surface area (Å²) in [7, 11) is 0. The second kappa shape index (κ2) is 12.1. The van der Waals surface area contributed by atoms with E-state index >= 15 is 0 Å². The Morgan fingerprint density at radius 2 is 2.00 bits per heavy atom. The Morgan fingerprint density at radius 3 is 2.46 bits per heavy atom. The van der Waals surface area contributed by atoms with Crippen LogP contribution in [0.4, 0.5) is 18.9 Å². The van der Waals surface area contributed by atoms with Gasteiger partial charge in [0.1, 0.15) is 0 Å². The van der Waals surface area contributed by atoms with Crippen molar-refractivity contribution in [3.05, 3.63) is 52.1 Å². The summed E-state index contributed by atoms with van der Waals surface area (Å²) >= 11 is 0. The van der Waals surface area contributed by atoms with Gasteiger partial charge in [-0.05, 0) is 38.3 Å². The van der Waals surface area contributed by atoms with Crippen molar-refractivity contribution in [3.63, 3.8) is 0 Å². The lowest BCUT2D eigenvalue weighted by molar-refractivity contribution is -0.386. The second-order valence-electron chi connectivity index (χ2n) is 5.15. The Morgan fingerprint density at radius 1 is 1.38 bits per heavy atom. The van der Waals surface area contributed by atoms with Crippen molar-refractivity contribution < 1.29 is 27.9 Å². The number of allylic oxidation sites excluding steroid dienone is 2. The molecule has 1 aromatic rings. The average Bonchev–Trinajstić information content (AvgIpc) is 2.56. The zero-order chi connectivity index (χ0) is 20.2. The lowest BCUT2D eigenvalue weighted by Crippen LogP contribution is -2.11. The van der Waals surface area contributed by atoms with Crippen molar-refractivity contribution in [3.8, 4) is 5.75 Å². The molecule has 0 radical (unpaired) electrons. The van der Waals surface area contributed by atoms with Crippen LogP contribution in [0.1, 0.15) is 37.8 Å². The van der Waals surface area contributed by atoms with Crippen molar-refractivity contribution >= 4 is 11.8 Å². The Labute approximate surface area is 150 Å². The Kier molecular flexibility index (Phi) is 11.0. The number of aliphatic hydroxyl groups excluding tert-OH is 1. The molecule has 0 aliphatic carbocycles. The van der Waals surface area contributed by atoms with E-state index in [-0.39, 0.29) is 31.1 Å². The van der Waals surface area contributed by atoms with Crippen LogP contribution in [-0.4, -0.2) is 29.4 Å². The summed E-state index contributed by atoms with van der Waals surface area (Å²) in [5, 5.41) is 18.8. The smallest absolute Gasteiger partial charge is 0.389 e. The van der Waals surface area contributed by atoms with Crippen molar-refractivity contribution in [1.82, 2.24) is 0 Å². The van der Waals surface area contributed by atoms with Crippen LogP contribution in [0, 0.1) is 10.1 Å². The predicted molar refractivity (Wildman–Crippen MR) is 95.2 cm³/mol. The van der Waals surface area contributed by atoms with Gasteiger partial charge in [-0.2, -0.15) is 13.2 Å². The van der Waals surface area contributed by atoms with Gasteiger partial charge >= 0.3 is 11.9 Å². The van der Waals surface area contributed by atoms with Gasteiger partial charge in [0.05, 0.1) is 11.5 Å². The number of rotatable bonds is 8. The Balaban J connectivity index is 0.00000194. The average molecular weight is 375 g/mol. The quantitative estimate of drug-likeness (QED) is 0.298. The van der Waals surface area contributed by atoms with Crippen molar-refractivity contribution in [2.24, 2.45) is 0 Å². The summed E-state index contributed by atoms with van der Waals surface area (Å²) in [5.74, 6) is 0.0147. The fourth-order valence-electron chi connectivity index (χ4n) is 1.96. The number of aliphatic hydroxyl groups is 1. The molecular weight excluding hydrogens is 351 g/mol. The highest BCUT2D eigenvalue weighted by Crippen LogP contribution is 2.34. The van der Waals surface area contributed by atoms with Crippen LogP contribution in [0.5, 0.6) is 5.75 Å². The van der Waals surface area contributed by atoms with Gasteiger partial charge in [0.2, 0.25) is 5.75 Å². The Bertz CT molecular complexity index is 613. The summed E-state index contributed by atoms with van der Waals surface area (Å²) in [5.41, 5.74) is 0.826. The molecule has 146 valence electrons. The maximum absolute atomic E-state index is 12.1. The molecule has 0 heterocycles. The first-order chi connectivity index (χ1) is 12.2. The number of ether oxygens (including phenoxy) is 1. The number of hydrogen-bond donors (Lipinski definition) is 1. The number of alkyl halides is 3. The molecule has 0 aliphatic rings. The molecule has 0 fully saturated rings. The van der Waals surface area contributed by atoms with E-state index in [0.717, 1.165) is 0 Å². The van der Waals surface area contributed by atoms with E-state index in [1.54, 1.807) is 32.1 Å². The van der Waals surface area contributed by atoms with Gasteiger partial charge in [-0.15, -0.1) is 0 Å². The maximum Gasteiger partial charge on any atom is 0.389 e. The molecule has 0 spiro atoms. The van der Waals surface area contributed by atoms with Crippen LogP contribution in [-0.2, 0) is 6.42 Å². The van der Waals surface area contributed by atoms with E-state index < -0.39 is 17.5 Å². The number of halogens is 3. The van der Waals surface area contributed by atoms with Crippen LogP contribution in [0.2, 0.25) is 0 Å². The first kappa shape index (κ1) is 23.6. The molecule has 8 heteroatoms. The minimum absolute atomic E-state index is 0.0147. The summed E-state index contributed by atoms with van der Waals surface area (Å²) in [4.78, 5) is 10.6. The molecule has 0 saturated carbocycles. The third-order valence-electron chi connectivity index (χ3n) is 3.03. The molecular formula is C18H24F3NO4. The number of nitro benzene ring substituents is 1. The minimum Gasteiger partial charge on any atom is -0.487 e. The molecule has 0 amide bonds. The topological polar surface area (TPSA) is 72.6 Å². The molecule has 0 saturated heterocycles. The SMILES string of the molecule is C=Cc1cc(C/C=C/C)c(OCCCC(F)(F)F)c([N+](=O)[O-])c1.CCO. The second-order valence-corrected chi connectivity index (χ2v) is 5.15. The van der Waals surface area contributed by atoms with E-state index in [0.29, 0.717) is 17.5 Å². The molecule has 1 rings (SSSR count). The van der Waals surface area contributed by atoms with Crippen molar-refractivity contribution in [1.29, 1.82) is 0 Å². The van der Waals surface area contributed by atoms with Gasteiger partial charge in [0.25, 0.3) is 0 Å². The number of nitro groups is 1. The van der Waals surface area contributed by atoms with Gasteiger partial charge in [-0.3, -0.25) is 10.1 Å². The predicted octanol–water partition coefficient (Wildman–Crippen LogP) is 5.08. The summed E-state index contributed by atoms with van der Waals surface area (Å²) in [6.45, 7) is 7.07. The number of benzene rings is 1. The molecule has 1 N–H and O–H groups in total. The molecule has 1 aromatic carbocycles. The van der Waals surface area contributed by atoms with Crippen LogP contribution in [0.25, 0.3) is 6.08 Å². The van der Waals surface area contributed by atoms with E-state index in [4.69, 9.17) is 9.84 Å². The number of nitrogens with zero attached hydrogens (tertiary/aromatic N) is 1. The fourth-order valence-corrected chi connectivity index (χ4v) is 1.96. The van der Waals surface area contributed by atoms with Gasteiger partial charge in [-0.25, -0.2) is 0 Å². The number of hydrogen-bond acceptors (Lipinski definition) is 4. The monoisotopic (exact) mass is 375 g/mol. The molecule has 0 unspecified atom stereocenters. The highest BCUT2D eigenvalue weighted by molar-refractivity contribution is 5.61. The minimum atomic E-state index is -4.27. The van der Waals surface area contributed by atoms with Gasteiger partial charge in [0.15, 0.2) is 0 Å². The third kappa shape index (κ3) is 9.22. The zero-order valence-electron chi connectivity index (χ0n) is 14.9. The zero-order valence-corrected chi connectivity index (χ0v) is 14.9. The largest absolute Gasteiger partial charge is 0.487 e. The summed E-state index contributed by atoms with van der Waals surface area (Å²) in [6.07, 6.45) is -0.0972. The van der Waals surface area contributed by atoms with Crippen LogP contribution < -0.4 is 4.74 Å². The Hall–Kier alpha value is -2.35. The van der Waals surface area contributed by atoms with Crippen LogP contribution in [0.3, 0.4) is 0 Å². The lowest BCUT2D eigenvalue weighted by Gasteiger charge is -2.13. The fraction of sp³-hybridized carbons (Fsp3) is 0.444. The first-order valence-electron chi connectivity index (χ1n) is 8.05. The van der Waals surface area contributed by atoms with Gasteiger partial charge in [0, 0.05) is 24.7 Å². The van der Waals surface area contributed by atoms with Gasteiger partial charge in [-0.1, -0.05) is 24.8 Å². The summed E-state index contributed by atoms with van der Waals surface area (Å²) < 4.78 is 41.8. The van der Waals surface area contributed by atoms with E-state index in [2.05, 4.69) is 6.58 Å². The van der Waals surface area contributed by atoms with E-state index in [9.17, 15) is 23.3 Å². The molecule has 5 nitrogen and oxygen atoms in total. The van der Waals surface area contributed by atoms with E-state index in [1.165, 1.54) is 12.1 Å². The van der Waals surface area contributed by atoms with Gasteiger partial charge < -0.3 is 9.84 Å². The lowest BCUT2D eigenvalue weighted by atomic mass is 10.0. The molecule has 0 bridgehead atoms. The molecule has 0 aromatic heterocycles. The van der Waals surface area contributed by atoms with Crippen LogP contribution >= 0.6 is 0 Å². The first-order valence-corrected chi connectivity index (χ1v) is 8.05. The van der Waals surface area contributed by atoms with Crippen molar-refractivity contribution in [2.45, 2.75) is 39.3 Å². The molecule has 26 heavy (non-hydrogen) atoms. The van der Waals surface area contributed by atoms with Crippen molar-refractivity contribution in [2.75, 3.05) is 13.2 Å². The summed E-state index contributed by atoms with van der Waals surface area (Å²) in [6, 6.07) is 2.98. The standard InChI is InChI=1S/C16H18F3NO3.C2H6O/c1-3-5-7-13-10-12(4-2)11-14(20(21)22)15(13)23-9-6-8-16(17,18)19;1-2-3/h3-5,10-11H,2,6-9H2,1H3;3H,2H2,1H3/b5-3+;.